The van der Waals surface area contributed by atoms with E-state index in [9.17, 15) is 5.11 Å². The highest BCUT2D eigenvalue weighted by Gasteiger charge is 2.22. The highest BCUT2D eigenvalue weighted by molar-refractivity contribution is 5.77. The van der Waals surface area contributed by atoms with Gasteiger partial charge < -0.3 is 9.84 Å². The van der Waals surface area contributed by atoms with Crippen LogP contribution in [0.1, 0.15) is 44.2 Å². The molecule has 1 aliphatic rings. The second-order valence-electron chi connectivity index (χ2n) is 5.84. The summed E-state index contributed by atoms with van der Waals surface area (Å²) in [5, 5.41) is 19.8. The van der Waals surface area contributed by atoms with Crippen molar-refractivity contribution in [2.75, 3.05) is 6.61 Å². The van der Waals surface area contributed by atoms with Crippen LogP contribution in [0.3, 0.4) is 0 Å². The van der Waals surface area contributed by atoms with Crippen LogP contribution >= 0.6 is 0 Å². The molecule has 0 aromatic carbocycles. The summed E-state index contributed by atoms with van der Waals surface area (Å²) in [4.78, 5) is 4.68. The second-order valence-corrected chi connectivity index (χ2v) is 5.84. The minimum absolute atomic E-state index is 0.0776. The van der Waals surface area contributed by atoms with Crippen LogP contribution in [0.4, 0.5) is 0 Å². The minimum atomic E-state index is -0.700. The first-order valence-corrected chi connectivity index (χ1v) is 7.92. The number of rotatable bonds is 3. The first-order chi connectivity index (χ1) is 11.2. The van der Waals surface area contributed by atoms with E-state index in [0.29, 0.717) is 5.69 Å². The van der Waals surface area contributed by atoms with E-state index in [2.05, 4.69) is 15.2 Å². The number of fused-ring (bicyclic) bond motifs is 1. The quantitative estimate of drug-likeness (QED) is 0.803. The number of aliphatic hydroxyl groups is 1. The first kappa shape index (κ1) is 14.3. The zero-order valence-electron chi connectivity index (χ0n) is 13.0. The van der Waals surface area contributed by atoms with E-state index in [0.717, 1.165) is 42.6 Å². The molecule has 120 valence electrons. The lowest BCUT2D eigenvalue weighted by Gasteiger charge is -2.23. The lowest BCUT2D eigenvalue weighted by molar-refractivity contribution is -0.0370. The van der Waals surface area contributed by atoms with Crippen LogP contribution in [0.25, 0.3) is 16.7 Å². The largest absolute Gasteiger partial charge is 0.387 e. The minimum Gasteiger partial charge on any atom is -0.387 e. The van der Waals surface area contributed by atoms with Gasteiger partial charge in [-0.15, -0.1) is 0 Å². The highest BCUT2D eigenvalue weighted by atomic mass is 16.5. The second kappa shape index (κ2) is 5.75. The van der Waals surface area contributed by atoms with E-state index in [1.807, 2.05) is 23.0 Å². The topological polar surface area (TPSA) is 78.0 Å². The van der Waals surface area contributed by atoms with Gasteiger partial charge in [0, 0.05) is 24.4 Å². The van der Waals surface area contributed by atoms with Crippen LogP contribution in [0.15, 0.2) is 30.7 Å². The molecule has 1 aliphatic heterocycles. The lowest BCUT2D eigenvalue weighted by Crippen LogP contribution is -2.19. The number of hydrogen-bond acceptors (Lipinski definition) is 5. The standard InChI is InChI=1S/C16H19N5O2/c1-11(22)15-13(20-7-4-6-17-20)9-12-10-18-21(16(12)19-15)14-5-2-3-8-23-14/h4,6-7,9-11,14,22H,2-3,5,8H2,1H3/t11?,14-/m0/s1. The Labute approximate surface area is 133 Å². The summed E-state index contributed by atoms with van der Waals surface area (Å²) in [6.07, 6.45) is 7.70. The van der Waals surface area contributed by atoms with Crippen LogP contribution in [-0.4, -0.2) is 36.3 Å². The molecule has 1 unspecified atom stereocenters. The number of pyridine rings is 1. The van der Waals surface area contributed by atoms with E-state index in [4.69, 9.17) is 4.74 Å². The number of aliphatic hydroxyl groups excluding tert-OH is 1. The Kier molecular flexibility index (Phi) is 3.59. The van der Waals surface area contributed by atoms with Gasteiger partial charge in [-0.3, -0.25) is 0 Å². The molecule has 3 aromatic heterocycles. The molecule has 0 spiro atoms. The Morgan fingerprint density at radius 2 is 2.26 bits per heavy atom. The molecule has 4 rings (SSSR count). The maximum absolute atomic E-state index is 10.1. The molecule has 0 aliphatic carbocycles. The first-order valence-electron chi connectivity index (χ1n) is 7.92. The van der Waals surface area contributed by atoms with Crippen molar-refractivity contribution in [3.8, 4) is 5.69 Å². The Hall–Kier alpha value is -2.25. The van der Waals surface area contributed by atoms with Gasteiger partial charge in [0.25, 0.3) is 0 Å². The van der Waals surface area contributed by atoms with Gasteiger partial charge in [-0.1, -0.05) is 0 Å². The van der Waals surface area contributed by atoms with Crippen molar-refractivity contribution in [1.29, 1.82) is 0 Å². The molecule has 0 bridgehead atoms. The fraction of sp³-hybridized carbons (Fsp3) is 0.438. The average molecular weight is 313 g/mol. The zero-order chi connectivity index (χ0) is 15.8. The number of aromatic nitrogens is 5. The van der Waals surface area contributed by atoms with Crippen LogP contribution in [0.5, 0.6) is 0 Å². The molecule has 0 saturated carbocycles. The Balaban J connectivity index is 1.85. The summed E-state index contributed by atoms with van der Waals surface area (Å²) in [7, 11) is 0. The molecule has 1 saturated heterocycles. The molecule has 7 heteroatoms. The highest BCUT2D eigenvalue weighted by Crippen LogP contribution is 2.28. The fourth-order valence-corrected chi connectivity index (χ4v) is 3.01. The molecule has 0 radical (unpaired) electrons. The van der Waals surface area contributed by atoms with Crippen molar-refractivity contribution in [1.82, 2.24) is 24.5 Å². The Bertz CT molecular complexity index is 803. The van der Waals surface area contributed by atoms with Crippen molar-refractivity contribution < 1.29 is 9.84 Å². The average Bonchev–Trinajstić information content (AvgIpc) is 3.23. The van der Waals surface area contributed by atoms with Gasteiger partial charge in [-0.25, -0.2) is 14.3 Å². The Morgan fingerprint density at radius 3 is 2.96 bits per heavy atom. The number of hydrogen-bond donors (Lipinski definition) is 1. The normalized spacial score (nSPS) is 20.0. The summed E-state index contributed by atoms with van der Waals surface area (Å²) >= 11 is 0. The molecule has 23 heavy (non-hydrogen) atoms. The number of nitrogens with zero attached hydrogens (tertiary/aromatic N) is 5. The molecule has 4 heterocycles. The van der Waals surface area contributed by atoms with Crippen LogP contribution in [0, 0.1) is 0 Å². The van der Waals surface area contributed by atoms with Gasteiger partial charge in [-0.05, 0) is 38.3 Å². The van der Waals surface area contributed by atoms with E-state index in [1.165, 1.54) is 0 Å². The van der Waals surface area contributed by atoms with Gasteiger partial charge in [0.05, 0.1) is 23.7 Å². The predicted octanol–water partition coefficient (Wildman–Crippen LogP) is 2.37. The third-order valence-corrected chi connectivity index (χ3v) is 4.15. The molecule has 1 N–H and O–H groups in total. The smallest absolute Gasteiger partial charge is 0.160 e. The van der Waals surface area contributed by atoms with E-state index in [1.54, 1.807) is 24.0 Å². The number of ether oxygens (including phenoxy) is 1. The van der Waals surface area contributed by atoms with E-state index >= 15 is 0 Å². The molecule has 0 amide bonds. The lowest BCUT2D eigenvalue weighted by atomic mass is 10.1. The fourth-order valence-electron chi connectivity index (χ4n) is 3.01. The predicted molar refractivity (Wildman–Crippen MR) is 84.1 cm³/mol. The zero-order valence-corrected chi connectivity index (χ0v) is 13.0. The summed E-state index contributed by atoms with van der Waals surface area (Å²) in [6, 6.07) is 3.80. The van der Waals surface area contributed by atoms with Gasteiger partial charge >= 0.3 is 0 Å². The third-order valence-electron chi connectivity index (χ3n) is 4.15. The van der Waals surface area contributed by atoms with Gasteiger partial charge in [0.1, 0.15) is 0 Å². The molecule has 2 atom stereocenters. The van der Waals surface area contributed by atoms with Crippen LogP contribution < -0.4 is 0 Å². The van der Waals surface area contributed by atoms with Crippen molar-refractivity contribution >= 4 is 11.0 Å². The SMILES string of the molecule is CC(O)c1nc2c(cnn2[C@@H]2CCCCO2)cc1-n1cccn1. The summed E-state index contributed by atoms with van der Waals surface area (Å²) in [5.41, 5.74) is 2.09. The van der Waals surface area contributed by atoms with Crippen molar-refractivity contribution in [2.45, 2.75) is 38.5 Å². The monoisotopic (exact) mass is 313 g/mol. The molecule has 7 nitrogen and oxygen atoms in total. The molecular formula is C16H19N5O2. The van der Waals surface area contributed by atoms with Gasteiger partial charge in [0.15, 0.2) is 11.9 Å². The molecular weight excluding hydrogens is 294 g/mol. The summed E-state index contributed by atoms with van der Waals surface area (Å²) < 4.78 is 9.35. The van der Waals surface area contributed by atoms with Gasteiger partial charge in [-0.2, -0.15) is 10.2 Å². The maximum Gasteiger partial charge on any atom is 0.160 e. The third kappa shape index (κ3) is 2.51. The summed E-state index contributed by atoms with van der Waals surface area (Å²) in [6.45, 7) is 2.46. The summed E-state index contributed by atoms with van der Waals surface area (Å²) in [5.74, 6) is 0. The van der Waals surface area contributed by atoms with E-state index in [-0.39, 0.29) is 6.23 Å². The Morgan fingerprint density at radius 1 is 1.35 bits per heavy atom. The van der Waals surface area contributed by atoms with Crippen LogP contribution in [-0.2, 0) is 4.74 Å². The van der Waals surface area contributed by atoms with Crippen molar-refractivity contribution in [3.05, 3.63) is 36.4 Å². The van der Waals surface area contributed by atoms with Gasteiger partial charge in [0.2, 0.25) is 0 Å². The van der Waals surface area contributed by atoms with Crippen LogP contribution in [0.2, 0.25) is 0 Å². The molecule has 3 aromatic rings. The maximum atomic E-state index is 10.1. The van der Waals surface area contributed by atoms with Crippen molar-refractivity contribution in [3.63, 3.8) is 0 Å². The van der Waals surface area contributed by atoms with Crippen molar-refractivity contribution in [2.24, 2.45) is 0 Å². The van der Waals surface area contributed by atoms with E-state index < -0.39 is 6.10 Å². The molecule has 1 fully saturated rings.